The highest BCUT2D eigenvalue weighted by Crippen LogP contribution is 2.33. The molecule has 2 aromatic heterocycles. The molecule has 1 fully saturated rings. The summed E-state index contributed by atoms with van der Waals surface area (Å²) < 4.78 is 0. The maximum Gasteiger partial charge on any atom is 0.256 e. The van der Waals surface area contributed by atoms with Gasteiger partial charge in [-0.1, -0.05) is 12.5 Å². The zero-order valence-corrected chi connectivity index (χ0v) is 15.7. The number of aromatic amines is 1. The average Bonchev–Trinajstić information content (AvgIpc) is 3.30. The van der Waals surface area contributed by atoms with Crippen LogP contribution in [-0.2, 0) is 19.4 Å². The lowest BCUT2D eigenvalue weighted by Crippen LogP contribution is -2.35. The van der Waals surface area contributed by atoms with Crippen LogP contribution in [0.2, 0.25) is 0 Å². The average molecular weight is 353 g/mol. The number of nitrogens with zero attached hydrogens (tertiary/aromatic N) is 4. The molecule has 6 heteroatoms. The predicted molar refractivity (Wildman–Crippen MR) is 99.9 cm³/mol. The van der Waals surface area contributed by atoms with Gasteiger partial charge in [-0.2, -0.15) is 5.10 Å². The summed E-state index contributed by atoms with van der Waals surface area (Å²) in [4.78, 5) is 21.5. The van der Waals surface area contributed by atoms with E-state index in [4.69, 9.17) is 4.98 Å². The molecule has 1 N–H and O–H groups in total. The summed E-state index contributed by atoms with van der Waals surface area (Å²) in [5.41, 5.74) is 5.47. The highest BCUT2D eigenvalue weighted by molar-refractivity contribution is 5.94. The molecule has 0 spiro atoms. The Hall–Kier alpha value is -2.21. The van der Waals surface area contributed by atoms with E-state index in [1.54, 1.807) is 25.2 Å². The number of H-pyrrole nitrogens is 1. The van der Waals surface area contributed by atoms with E-state index >= 15 is 0 Å². The fourth-order valence-corrected chi connectivity index (χ4v) is 4.23. The molecule has 2 aliphatic rings. The summed E-state index contributed by atoms with van der Waals surface area (Å²) in [6, 6.07) is 4.62. The van der Waals surface area contributed by atoms with Crippen LogP contribution in [0.3, 0.4) is 0 Å². The second-order valence-corrected chi connectivity index (χ2v) is 7.64. The Kier molecular flexibility index (Phi) is 4.76. The number of hydrogen-bond donors (Lipinski definition) is 1. The molecule has 1 aliphatic heterocycles. The monoisotopic (exact) mass is 353 g/mol. The van der Waals surface area contributed by atoms with E-state index in [-0.39, 0.29) is 11.9 Å². The normalized spacial score (nSPS) is 20.2. The van der Waals surface area contributed by atoms with E-state index in [0.717, 1.165) is 37.3 Å². The van der Waals surface area contributed by atoms with Crippen LogP contribution in [0.15, 0.2) is 18.3 Å². The van der Waals surface area contributed by atoms with E-state index in [2.05, 4.69) is 27.2 Å². The number of piperidine rings is 1. The maximum atomic E-state index is 12.5. The van der Waals surface area contributed by atoms with Gasteiger partial charge in [0.05, 0.1) is 29.2 Å². The lowest BCUT2D eigenvalue weighted by molar-refractivity contribution is 0.0818. The van der Waals surface area contributed by atoms with Gasteiger partial charge in [-0.25, -0.2) is 0 Å². The topological polar surface area (TPSA) is 65.1 Å². The Balaban J connectivity index is 1.58. The molecule has 1 amide bonds. The number of nitrogens with one attached hydrogen (secondary N) is 1. The van der Waals surface area contributed by atoms with Crippen molar-refractivity contribution >= 4 is 5.91 Å². The quantitative estimate of drug-likeness (QED) is 0.918. The Morgan fingerprint density at radius 3 is 3.00 bits per heavy atom. The van der Waals surface area contributed by atoms with Gasteiger partial charge in [0.2, 0.25) is 0 Å². The van der Waals surface area contributed by atoms with Crippen LogP contribution >= 0.6 is 0 Å². The highest BCUT2D eigenvalue weighted by atomic mass is 16.2. The first kappa shape index (κ1) is 17.2. The summed E-state index contributed by atoms with van der Waals surface area (Å²) in [7, 11) is 3.57. The molecule has 1 saturated heterocycles. The number of likely N-dealkylation sites (tertiary alicyclic amines) is 1. The molecule has 1 atom stereocenters. The molecule has 26 heavy (non-hydrogen) atoms. The van der Waals surface area contributed by atoms with Gasteiger partial charge in [-0.05, 0) is 50.3 Å². The summed E-state index contributed by atoms with van der Waals surface area (Å²) in [5.74, 6) is 0.00919. The van der Waals surface area contributed by atoms with Crippen LogP contribution < -0.4 is 0 Å². The third-order valence-corrected chi connectivity index (χ3v) is 5.60. The number of carbonyl (C=O) groups excluding carboxylic acids is 1. The van der Waals surface area contributed by atoms with Crippen molar-refractivity contribution < 1.29 is 4.79 Å². The third-order valence-electron chi connectivity index (χ3n) is 5.60. The Morgan fingerprint density at radius 1 is 1.27 bits per heavy atom. The van der Waals surface area contributed by atoms with Gasteiger partial charge in [0.1, 0.15) is 0 Å². The second-order valence-electron chi connectivity index (χ2n) is 7.64. The molecule has 1 aliphatic carbocycles. The number of pyridine rings is 1. The molecule has 138 valence electrons. The summed E-state index contributed by atoms with van der Waals surface area (Å²) in [5, 5.41) is 7.28. The number of rotatable bonds is 4. The number of carbonyl (C=O) groups is 1. The molecule has 2 aromatic rings. The minimum atomic E-state index is 0.00919. The summed E-state index contributed by atoms with van der Waals surface area (Å²) >= 11 is 0. The van der Waals surface area contributed by atoms with Crippen molar-refractivity contribution in [1.29, 1.82) is 0 Å². The standard InChI is InChI=1S/C20H27N5O/c1-24(2)20(26)16-12-21-23-19(16)18-8-3-4-11-25(18)13-15-10-9-14-6-5-7-17(14)22-15/h9-10,12,18H,3-8,11,13H2,1-2H3,(H,21,23). The van der Waals surface area contributed by atoms with E-state index < -0.39 is 0 Å². The zero-order valence-electron chi connectivity index (χ0n) is 15.7. The zero-order chi connectivity index (χ0) is 18.1. The number of hydrogen-bond acceptors (Lipinski definition) is 4. The molecule has 0 aromatic carbocycles. The number of aryl methyl sites for hydroxylation is 2. The van der Waals surface area contributed by atoms with Gasteiger partial charge >= 0.3 is 0 Å². The van der Waals surface area contributed by atoms with Crippen molar-refractivity contribution in [2.24, 2.45) is 0 Å². The summed E-state index contributed by atoms with van der Waals surface area (Å²) in [6.07, 6.45) is 8.56. The van der Waals surface area contributed by atoms with Crippen molar-refractivity contribution in [2.75, 3.05) is 20.6 Å². The van der Waals surface area contributed by atoms with Gasteiger partial charge in [-0.3, -0.25) is 19.8 Å². The predicted octanol–water partition coefficient (Wildman–Crippen LogP) is 2.72. The van der Waals surface area contributed by atoms with Gasteiger partial charge in [0, 0.05) is 26.3 Å². The van der Waals surface area contributed by atoms with Crippen molar-refractivity contribution in [2.45, 2.75) is 51.1 Å². The van der Waals surface area contributed by atoms with E-state index in [0.29, 0.717) is 5.56 Å². The number of aromatic nitrogens is 3. The molecule has 6 nitrogen and oxygen atoms in total. The molecule has 0 radical (unpaired) electrons. The summed E-state index contributed by atoms with van der Waals surface area (Å²) in [6.45, 7) is 1.85. The van der Waals surface area contributed by atoms with Crippen LogP contribution in [0.1, 0.15) is 64.7 Å². The smallest absolute Gasteiger partial charge is 0.256 e. The van der Waals surface area contributed by atoms with E-state index in [1.807, 2.05) is 0 Å². The number of fused-ring (bicyclic) bond motifs is 1. The SMILES string of the molecule is CN(C)C(=O)c1cn[nH]c1C1CCCCN1Cc1ccc2c(n1)CCC2. The second kappa shape index (κ2) is 7.19. The minimum absolute atomic E-state index is 0.00919. The lowest BCUT2D eigenvalue weighted by atomic mass is 9.96. The van der Waals surface area contributed by atoms with E-state index in [9.17, 15) is 4.79 Å². The van der Waals surface area contributed by atoms with Crippen molar-refractivity contribution in [3.63, 3.8) is 0 Å². The van der Waals surface area contributed by atoms with Crippen LogP contribution in [0.25, 0.3) is 0 Å². The maximum absolute atomic E-state index is 12.5. The first-order valence-electron chi connectivity index (χ1n) is 9.60. The van der Waals surface area contributed by atoms with Crippen molar-refractivity contribution in [1.82, 2.24) is 25.0 Å². The Labute approximate surface area is 154 Å². The molecular formula is C20H27N5O. The first-order valence-corrected chi connectivity index (χ1v) is 9.60. The highest BCUT2D eigenvalue weighted by Gasteiger charge is 2.30. The van der Waals surface area contributed by atoms with Gasteiger partial charge in [0.15, 0.2) is 0 Å². The molecule has 1 unspecified atom stereocenters. The van der Waals surface area contributed by atoms with Crippen LogP contribution in [0.5, 0.6) is 0 Å². The molecule has 4 rings (SSSR count). The Morgan fingerprint density at radius 2 is 2.15 bits per heavy atom. The minimum Gasteiger partial charge on any atom is -0.345 e. The molecule has 0 bridgehead atoms. The van der Waals surface area contributed by atoms with Gasteiger partial charge in [-0.15, -0.1) is 0 Å². The third kappa shape index (κ3) is 3.26. The molecule has 0 saturated carbocycles. The first-order chi connectivity index (χ1) is 12.6. The fraction of sp³-hybridized carbons (Fsp3) is 0.550. The lowest BCUT2D eigenvalue weighted by Gasteiger charge is -2.35. The van der Waals surface area contributed by atoms with E-state index in [1.165, 1.54) is 36.9 Å². The molecular weight excluding hydrogens is 326 g/mol. The van der Waals surface area contributed by atoms with Crippen molar-refractivity contribution in [3.8, 4) is 0 Å². The van der Waals surface area contributed by atoms with Crippen LogP contribution in [-0.4, -0.2) is 51.5 Å². The Bertz CT molecular complexity index is 797. The van der Waals surface area contributed by atoms with Crippen LogP contribution in [0, 0.1) is 0 Å². The van der Waals surface area contributed by atoms with Crippen molar-refractivity contribution in [3.05, 3.63) is 46.5 Å². The van der Waals surface area contributed by atoms with Gasteiger partial charge in [0.25, 0.3) is 5.91 Å². The van der Waals surface area contributed by atoms with Gasteiger partial charge < -0.3 is 4.90 Å². The fourth-order valence-electron chi connectivity index (χ4n) is 4.23. The number of amides is 1. The largest absolute Gasteiger partial charge is 0.345 e. The molecule has 3 heterocycles. The van der Waals surface area contributed by atoms with Crippen LogP contribution in [0.4, 0.5) is 0 Å².